The van der Waals surface area contributed by atoms with E-state index in [1.165, 1.54) is 51.4 Å². The van der Waals surface area contributed by atoms with Crippen LogP contribution in [0.1, 0.15) is 78.6 Å². The summed E-state index contributed by atoms with van der Waals surface area (Å²) >= 11 is 0. The summed E-state index contributed by atoms with van der Waals surface area (Å²) < 4.78 is 4.96. The molecule has 0 radical (unpaired) electrons. The maximum Gasteiger partial charge on any atom is 0.110 e. The summed E-state index contributed by atoms with van der Waals surface area (Å²) in [6, 6.07) is 0. The Labute approximate surface area is 108 Å². The van der Waals surface area contributed by atoms with E-state index in [1.54, 1.807) is 0 Å². The maximum atomic E-state index is 4.96. The lowest BCUT2D eigenvalue weighted by Gasteiger charge is -2.03. The first kappa shape index (κ1) is 16.4. The first-order chi connectivity index (χ1) is 8.27. The molecule has 0 aliphatic rings. The van der Waals surface area contributed by atoms with Crippen LogP contribution in [-0.4, -0.2) is 6.61 Å². The van der Waals surface area contributed by atoms with Crippen LogP contribution in [0.15, 0.2) is 0 Å². The second-order valence-corrected chi connectivity index (χ2v) is 5.12. The number of hydrogen-bond donors (Lipinski definition) is 0. The monoisotopic (exact) mass is 238 g/mol. The van der Waals surface area contributed by atoms with Crippen LogP contribution in [0.2, 0.25) is 0 Å². The molecular weight excluding hydrogens is 208 g/mol. The molecular formula is C16H30O. The van der Waals surface area contributed by atoms with Crippen molar-refractivity contribution in [2.45, 2.75) is 78.6 Å². The van der Waals surface area contributed by atoms with Crippen LogP contribution in [-0.2, 0) is 4.74 Å². The molecule has 0 rings (SSSR count). The average Bonchev–Trinajstić information content (AvgIpc) is 2.30. The second kappa shape index (κ2) is 13.4. The molecule has 0 spiro atoms. The first-order valence-corrected chi connectivity index (χ1v) is 7.37. The zero-order chi connectivity index (χ0) is 12.8. The minimum atomic E-state index is 0.698. The third kappa shape index (κ3) is 15.4. The van der Waals surface area contributed by atoms with Gasteiger partial charge in [-0.3, -0.25) is 0 Å². The van der Waals surface area contributed by atoms with Crippen LogP contribution in [0.25, 0.3) is 0 Å². The molecule has 0 aromatic rings. The van der Waals surface area contributed by atoms with Crippen LogP contribution in [0.3, 0.4) is 0 Å². The summed E-state index contributed by atoms with van der Waals surface area (Å²) in [6.45, 7) is 7.28. The number of unbranched alkanes of at least 4 members (excludes halogenated alkanes) is 7. The Balaban J connectivity index is 3.02. The Morgan fingerprint density at radius 1 is 0.882 bits per heavy atom. The summed E-state index contributed by atoms with van der Waals surface area (Å²) in [7, 11) is 0. The van der Waals surface area contributed by atoms with Gasteiger partial charge < -0.3 is 4.74 Å². The van der Waals surface area contributed by atoms with Crippen LogP contribution in [0, 0.1) is 17.9 Å². The van der Waals surface area contributed by atoms with Gasteiger partial charge in [0.25, 0.3) is 0 Å². The fourth-order valence-electron chi connectivity index (χ4n) is 1.82. The zero-order valence-corrected chi connectivity index (χ0v) is 12.1. The van der Waals surface area contributed by atoms with Crippen molar-refractivity contribution in [3.63, 3.8) is 0 Å². The zero-order valence-electron chi connectivity index (χ0n) is 12.1. The van der Waals surface area contributed by atoms with Gasteiger partial charge in [0, 0.05) is 6.42 Å². The van der Waals surface area contributed by atoms with E-state index in [2.05, 4.69) is 25.9 Å². The first-order valence-electron chi connectivity index (χ1n) is 7.37. The lowest BCUT2D eigenvalue weighted by Crippen LogP contribution is -1.87. The maximum absolute atomic E-state index is 4.96. The van der Waals surface area contributed by atoms with E-state index >= 15 is 0 Å². The minimum Gasteiger partial charge on any atom is -0.447 e. The van der Waals surface area contributed by atoms with E-state index in [4.69, 9.17) is 4.74 Å². The minimum absolute atomic E-state index is 0.698. The number of ether oxygens (including phenoxy) is 1. The molecule has 0 aromatic carbocycles. The summed E-state index contributed by atoms with van der Waals surface area (Å²) in [5.41, 5.74) is 0. The van der Waals surface area contributed by atoms with Gasteiger partial charge >= 0.3 is 0 Å². The highest BCUT2D eigenvalue weighted by atomic mass is 16.5. The molecule has 17 heavy (non-hydrogen) atoms. The van der Waals surface area contributed by atoms with E-state index in [1.807, 2.05) is 6.92 Å². The third-order valence-corrected chi connectivity index (χ3v) is 2.87. The Kier molecular flexibility index (Phi) is 12.9. The van der Waals surface area contributed by atoms with E-state index in [0.29, 0.717) is 6.61 Å². The van der Waals surface area contributed by atoms with Crippen molar-refractivity contribution in [3.05, 3.63) is 0 Å². The molecule has 0 amide bonds. The predicted octanol–water partition coefficient (Wildman–Crippen LogP) is 5.15. The van der Waals surface area contributed by atoms with E-state index < -0.39 is 0 Å². The quantitative estimate of drug-likeness (QED) is 0.378. The molecule has 0 saturated heterocycles. The fourth-order valence-corrected chi connectivity index (χ4v) is 1.82. The smallest absolute Gasteiger partial charge is 0.110 e. The molecule has 0 N–H and O–H groups in total. The van der Waals surface area contributed by atoms with Crippen molar-refractivity contribution < 1.29 is 4.74 Å². The van der Waals surface area contributed by atoms with Crippen molar-refractivity contribution in [3.8, 4) is 12.0 Å². The summed E-state index contributed by atoms with van der Waals surface area (Å²) in [5.74, 6) is 3.91. The van der Waals surface area contributed by atoms with Gasteiger partial charge in [-0.05, 0) is 19.3 Å². The number of hydrogen-bond acceptors (Lipinski definition) is 1. The summed E-state index contributed by atoms with van der Waals surface area (Å²) in [5, 5.41) is 0. The summed E-state index contributed by atoms with van der Waals surface area (Å²) in [6.07, 6.45) is 14.7. The van der Waals surface area contributed by atoms with Crippen molar-refractivity contribution in [2.75, 3.05) is 6.61 Å². The normalized spacial score (nSPS) is 10.1. The molecule has 0 fully saturated rings. The molecule has 0 unspecified atom stereocenters. The van der Waals surface area contributed by atoms with Crippen LogP contribution in [0.5, 0.6) is 0 Å². The van der Waals surface area contributed by atoms with Gasteiger partial charge in [-0.25, -0.2) is 0 Å². The second-order valence-electron chi connectivity index (χ2n) is 5.12. The van der Waals surface area contributed by atoms with Gasteiger partial charge in [-0.1, -0.05) is 64.7 Å². The Hall–Kier alpha value is -0.640. The lowest BCUT2D eigenvalue weighted by atomic mass is 10.0. The average molecular weight is 238 g/mol. The molecule has 0 atom stereocenters. The van der Waals surface area contributed by atoms with Crippen LogP contribution in [0.4, 0.5) is 0 Å². The van der Waals surface area contributed by atoms with Crippen molar-refractivity contribution in [1.29, 1.82) is 0 Å². The van der Waals surface area contributed by atoms with E-state index in [0.717, 1.165) is 12.3 Å². The molecule has 0 saturated carbocycles. The molecule has 1 nitrogen and oxygen atoms in total. The largest absolute Gasteiger partial charge is 0.447 e. The Morgan fingerprint density at radius 2 is 1.47 bits per heavy atom. The van der Waals surface area contributed by atoms with Gasteiger partial charge in [0.15, 0.2) is 0 Å². The molecule has 1 heteroatoms. The highest BCUT2D eigenvalue weighted by molar-refractivity contribution is 4.90. The van der Waals surface area contributed by atoms with Crippen molar-refractivity contribution in [2.24, 2.45) is 5.92 Å². The molecule has 0 aliphatic heterocycles. The molecule has 0 aliphatic carbocycles. The van der Waals surface area contributed by atoms with Crippen LogP contribution >= 0.6 is 0 Å². The van der Waals surface area contributed by atoms with Gasteiger partial charge in [-0.2, -0.15) is 0 Å². The Morgan fingerprint density at radius 3 is 2.06 bits per heavy atom. The molecule has 0 bridgehead atoms. The highest BCUT2D eigenvalue weighted by Gasteiger charge is 1.94. The van der Waals surface area contributed by atoms with Crippen LogP contribution < -0.4 is 0 Å². The summed E-state index contributed by atoms with van der Waals surface area (Å²) in [4.78, 5) is 0. The van der Waals surface area contributed by atoms with Crippen molar-refractivity contribution >= 4 is 0 Å². The third-order valence-electron chi connectivity index (χ3n) is 2.87. The molecule has 0 aromatic heterocycles. The van der Waals surface area contributed by atoms with Gasteiger partial charge in [0.05, 0.1) is 6.61 Å². The Bertz CT molecular complexity index is 197. The van der Waals surface area contributed by atoms with E-state index in [9.17, 15) is 0 Å². The molecule has 0 heterocycles. The fraction of sp³-hybridized carbons (Fsp3) is 0.875. The van der Waals surface area contributed by atoms with E-state index in [-0.39, 0.29) is 0 Å². The highest BCUT2D eigenvalue weighted by Crippen LogP contribution is 2.12. The molecule has 100 valence electrons. The van der Waals surface area contributed by atoms with Crippen molar-refractivity contribution in [1.82, 2.24) is 0 Å². The van der Waals surface area contributed by atoms with Gasteiger partial charge in [0.2, 0.25) is 0 Å². The SMILES string of the molecule is CCOC#CCCCCCCCCCC(C)C. The van der Waals surface area contributed by atoms with Gasteiger partial charge in [0.1, 0.15) is 6.11 Å². The topological polar surface area (TPSA) is 9.23 Å². The van der Waals surface area contributed by atoms with Gasteiger partial charge in [-0.15, -0.1) is 0 Å². The standard InChI is InChI=1S/C16H30O/c1-4-17-15-13-11-9-7-5-6-8-10-12-14-16(2)3/h16H,4-12,14H2,1-3H3. The lowest BCUT2D eigenvalue weighted by molar-refractivity contribution is 0.298. The number of rotatable bonds is 10. The predicted molar refractivity (Wildman–Crippen MR) is 75.8 cm³/mol.